The fourth-order valence-corrected chi connectivity index (χ4v) is 2.84. The van der Waals surface area contributed by atoms with Crippen molar-refractivity contribution < 1.29 is 14.3 Å². The predicted molar refractivity (Wildman–Crippen MR) is 107 cm³/mol. The number of hydrogen-bond donors (Lipinski definition) is 1. The van der Waals surface area contributed by atoms with Crippen LogP contribution >= 0.6 is 0 Å². The Balaban J connectivity index is 2.14. The second kappa shape index (κ2) is 9.76. The Bertz CT molecular complexity index is 789. The van der Waals surface area contributed by atoms with Crippen LogP contribution < -0.4 is 10.1 Å². The van der Waals surface area contributed by atoms with Crippen molar-refractivity contribution >= 4 is 11.8 Å². The third-order valence-electron chi connectivity index (χ3n) is 4.31. The summed E-state index contributed by atoms with van der Waals surface area (Å²) in [6.45, 7) is 8.34. The number of carbonyl (C=O) groups excluding carboxylic acids is 2. The largest absolute Gasteiger partial charge is 0.484 e. The van der Waals surface area contributed by atoms with Gasteiger partial charge >= 0.3 is 0 Å². The van der Waals surface area contributed by atoms with Gasteiger partial charge in [-0.3, -0.25) is 9.59 Å². The first-order valence-corrected chi connectivity index (χ1v) is 9.23. The molecule has 0 radical (unpaired) electrons. The van der Waals surface area contributed by atoms with Gasteiger partial charge < -0.3 is 15.0 Å². The number of hydrogen-bond acceptors (Lipinski definition) is 3. The van der Waals surface area contributed by atoms with Crippen molar-refractivity contribution in [1.29, 1.82) is 0 Å². The lowest BCUT2D eigenvalue weighted by molar-refractivity contribution is -0.142. The van der Waals surface area contributed by atoms with Crippen LogP contribution in [0.1, 0.15) is 30.5 Å². The van der Waals surface area contributed by atoms with Gasteiger partial charge in [0.1, 0.15) is 11.8 Å². The number of nitrogens with one attached hydrogen (secondary N) is 1. The van der Waals surface area contributed by atoms with E-state index in [4.69, 9.17) is 4.74 Å². The summed E-state index contributed by atoms with van der Waals surface area (Å²) in [6.07, 6.45) is 0. The minimum absolute atomic E-state index is 0.112. The molecule has 0 fully saturated rings. The number of nitrogens with zero attached hydrogens (tertiary/aromatic N) is 1. The molecule has 2 aromatic rings. The third-order valence-corrected chi connectivity index (χ3v) is 4.31. The molecule has 0 aliphatic carbocycles. The molecule has 0 aliphatic rings. The standard InChI is InChI=1S/C22H28N2O3/c1-5-23-22(26)18(4)24(14-19-10-6-8-16(2)12-19)21(25)15-27-20-11-7-9-17(3)13-20/h6-13,18H,5,14-15H2,1-4H3,(H,23,26)/t18-/m0/s1. The van der Waals surface area contributed by atoms with E-state index in [0.29, 0.717) is 18.8 Å². The Morgan fingerprint density at radius 2 is 1.74 bits per heavy atom. The van der Waals surface area contributed by atoms with E-state index >= 15 is 0 Å². The SMILES string of the molecule is CCNC(=O)[C@H](C)N(Cc1cccc(C)c1)C(=O)COc1cccc(C)c1. The summed E-state index contributed by atoms with van der Waals surface area (Å²) in [5, 5.41) is 2.79. The topological polar surface area (TPSA) is 58.6 Å². The van der Waals surface area contributed by atoms with Gasteiger partial charge in [0.15, 0.2) is 6.61 Å². The van der Waals surface area contributed by atoms with Crippen LogP contribution in [0.2, 0.25) is 0 Å². The Morgan fingerprint density at radius 3 is 2.37 bits per heavy atom. The molecule has 1 atom stereocenters. The summed E-state index contributed by atoms with van der Waals surface area (Å²) in [5.41, 5.74) is 3.16. The van der Waals surface area contributed by atoms with Crippen molar-refractivity contribution in [3.05, 3.63) is 65.2 Å². The smallest absolute Gasteiger partial charge is 0.261 e. The molecule has 1 N–H and O–H groups in total. The van der Waals surface area contributed by atoms with Gasteiger partial charge in [0, 0.05) is 13.1 Å². The van der Waals surface area contributed by atoms with Crippen LogP contribution in [-0.4, -0.2) is 35.9 Å². The molecule has 2 amide bonds. The van der Waals surface area contributed by atoms with E-state index in [1.54, 1.807) is 11.8 Å². The van der Waals surface area contributed by atoms with Crippen LogP contribution in [0.15, 0.2) is 48.5 Å². The molecule has 0 spiro atoms. The maximum atomic E-state index is 12.9. The highest BCUT2D eigenvalue weighted by Gasteiger charge is 2.26. The summed E-state index contributed by atoms with van der Waals surface area (Å²) in [4.78, 5) is 26.7. The predicted octanol–water partition coefficient (Wildman–Crippen LogP) is 3.24. The normalized spacial score (nSPS) is 11.6. The summed E-state index contributed by atoms with van der Waals surface area (Å²) in [5.74, 6) is 0.246. The highest BCUT2D eigenvalue weighted by atomic mass is 16.5. The molecule has 0 saturated heterocycles. The summed E-state index contributed by atoms with van der Waals surface area (Å²) in [7, 11) is 0. The van der Waals surface area contributed by atoms with Crippen LogP contribution in [0, 0.1) is 13.8 Å². The molecular weight excluding hydrogens is 340 g/mol. The second-order valence-corrected chi connectivity index (χ2v) is 6.69. The molecule has 5 nitrogen and oxygen atoms in total. The highest BCUT2D eigenvalue weighted by Crippen LogP contribution is 2.15. The van der Waals surface area contributed by atoms with E-state index in [-0.39, 0.29) is 18.4 Å². The molecule has 0 saturated carbocycles. The molecule has 0 aliphatic heterocycles. The lowest BCUT2D eigenvalue weighted by Gasteiger charge is -2.28. The minimum atomic E-state index is -0.584. The van der Waals surface area contributed by atoms with E-state index < -0.39 is 6.04 Å². The average molecular weight is 368 g/mol. The Hall–Kier alpha value is -2.82. The first kappa shape index (κ1) is 20.5. The zero-order chi connectivity index (χ0) is 19.8. The molecular formula is C22H28N2O3. The maximum Gasteiger partial charge on any atom is 0.261 e. The number of benzene rings is 2. The van der Waals surface area contributed by atoms with Crippen molar-refractivity contribution in [1.82, 2.24) is 10.2 Å². The fraction of sp³-hybridized carbons (Fsp3) is 0.364. The molecule has 2 aromatic carbocycles. The summed E-state index contributed by atoms with van der Waals surface area (Å²) >= 11 is 0. The maximum absolute atomic E-state index is 12.9. The monoisotopic (exact) mass is 368 g/mol. The van der Waals surface area contributed by atoms with E-state index in [9.17, 15) is 9.59 Å². The lowest BCUT2D eigenvalue weighted by atomic mass is 10.1. The first-order valence-electron chi connectivity index (χ1n) is 9.23. The zero-order valence-corrected chi connectivity index (χ0v) is 16.5. The van der Waals surface area contributed by atoms with Gasteiger partial charge in [-0.25, -0.2) is 0 Å². The Labute approximate surface area is 161 Å². The molecule has 0 heterocycles. The minimum Gasteiger partial charge on any atom is -0.484 e. The van der Waals surface area contributed by atoms with E-state index in [2.05, 4.69) is 5.32 Å². The van der Waals surface area contributed by atoms with Crippen LogP contribution in [-0.2, 0) is 16.1 Å². The quantitative estimate of drug-likeness (QED) is 0.778. The Kier molecular flexibility index (Phi) is 7.41. The van der Waals surface area contributed by atoms with E-state index in [0.717, 1.165) is 16.7 Å². The zero-order valence-electron chi connectivity index (χ0n) is 16.5. The highest BCUT2D eigenvalue weighted by molar-refractivity contribution is 5.87. The van der Waals surface area contributed by atoms with Crippen molar-refractivity contribution in [3.63, 3.8) is 0 Å². The van der Waals surface area contributed by atoms with Gasteiger partial charge in [-0.1, -0.05) is 42.0 Å². The summed E-state index contributed by atoms with van der Waals surface area (Å²) < 4.78 is 5.66. The number of rotatable bonds is 8. The average Bonchev–Trinajstić information content (AvgIpc) is 2.64. The number of likely N-dealkylation sites (N-methyl/N-ethyl adjacent to an activating group) is 1. The van der Waals surface area contributed by atoms with Gasteiger partial charge in [0.05, 0.1) is 0 Å². The third kappa shape index (κ3) is 6.13. The molecule has 27 heavy (non-hydrogen) atoms. The molecule has 0 bridgehead atoms. The van der Waals surface area contributed by atoms with E-state index in [1.165, 1.54) is 0 Å². The van der Waals surface area contributed by atoms with Crippen molar-refractivity contribution in [2.24, 2.45) is 0 Å². The van der Waals surface area contributed by atoms with Gasteiger partial charge in [-0.05, 0) is 51.0 Å². The van der Waals surface area contributed by atoms with Crippen LogP contribution in [0.4, 0.5) is 0 Å². The van der Waals surface area contributed by atoms with Crippen molar-refractivity contribution in [2.75, 3.05) is 13.2 Å². The molecule has 144 valence electrons. The molecule has 2 rings (SSSR count). The lowest BCUT2D eigenvalue weighted by Crippen LogP contribution is -2.49. The van der Waals surface area contributed by atoms with Crippen LogP contribution in [0.3, 0.4) is 0 Å². The van der Waals surface area contributed by atoms with Crippen LogP contribution in [0.5, 0.6) is 5.75 Å². The van der Waals surface area contributed by atoms with Gasteiger partial charge in [0.2, 0.25) is 5.91 Å². The van der Waals surface area contributed by atoms with Gasteiger partial charge in [-0.2, -0.15) is 0 Å². The Morgan fingerprint density at radius 1 is 1.07 bits per heavy atom. The van der Waals surface area contributed by atoms with Gasteiger partial charge in [-0.15, -0.1) is 0 Å². The summed E-state index contributed by atoms with van der Waals surface area (Å²) in [6, 6.07) is 14.9. The number of amides is 2. The molecule has 0 aromatic heterocycles. The van der Waals surface area contributed by atoms with E-state index in [1.807, 2.05) is 69.3 Å². The van der Waals surface area contributed by atoms with Crippen molar-refractivity contribution in [3.8, 4) is 5.75 Å². The molecule has 5 heteroatoms. The number of aryl methyl sites for hydroxylation is 2. The molecule has 0 unspecified atom stereocenters. The second-order valence-electron chi connectivity index (χ2n) is 6.69. The van der Waals surface area contributed by atoms with Gasteiger partial charge in [0.25, 0.3) is 5.91 Å². The fourth-order valence-electron chi connectivity index (χ4n) is 2.84. The first-order chi connectivity index (χ1) is 12.9. The number of ether oxygens (including phenoxy) is 1. The van der Waals surface area contributed by atoms with Crippen molar-refractivity contribution in [2.45, 2.75) is 40.3 Å². The van der Waals surface area contributed by atoms with Crippen LogP contribution in [0.25, 0.3) is 0 Å². The number of carbonyl (C=O) groups is 2.